The number of halogens is 1. The van der Waals surface area contributed by atoms with Gasteiger partial charge in [0.05, 0.1) is 11.3 Å². The zero-order valence-electron chi connectivity index (χ0n) is 14.4. The summed E-state index contributed by atoms with van der Waals surface area (Å²) in [6.45, 7) is 1.80. The van der Waals surface area contributed by atoms with E-state index in [-0.39, 0.29) is 11.6 Å². The molecule has 4 rings (SSSR count). The fraction of sp³-hybridized carbons (Fsp3) is 0.278. The summed E-state index contributed by atoms with van der Waals surface area (Å²) in [5.74, 6) is -1.03. The molecule has 0 aliphatic carbocycles. The topological polar surface area (TPSA) is 86.6 Å². The van der Waals surface area contributed by atoms with E-state index in [1.165, 1.54) is 28.6 Å². The fourth-order valence-electron chi connectivity index (χ4n) is 3.24. The summed E-state index contributed by atoms with van der Waals surface area (Å²) < 4.78 is 44.7. The average Bonchev–Trinajstić information content (AvgIpc) is 3.03. The van der Waals surface area contributed by atoms with Crippen LogP contribution in [0.15, 0.2) is 51.7 Å². The molecular formula is C18H18FN3O4S. The van der Waals surface area contributed by atoms with Crippen molar-refractivity contribution in [3.63, 3.8) is 0 Å². The van der Waals surface area contributed by atoms with Crippen LogP contribution in [0.1, 0.15) is 5.56 Å². The molecule has 9 heteroatoms. The molecule has 0 radical (unpaired) electrons. The molecule has 0 spiro atoms. The van der Waals surface area contributed by atoms with Crippen LogP contribution in [0.5, 0.6) is 0 Å². The Bertz CT molecular complexity index is 1110. The monoisotopic (exact) mass is 391 g/mol. The first kappa shape index (κ1) is 17.7. The number of aromatic nitrogens is 1. The van der Waals surface area contributed by atoms with Gasteiger partial charge in [-0.1, -0.05) is 12.1 Å². The van der Waals surface area contributed by atoms with Gasteiger partial charge in [0.15, 0.2) is 5.58 Å². The molecule has 0 saturated carbocycles. The first-order valence-electron chi connectivity index (χ1n) is 8.51. The van der Waals surface area contributed by atoms with Gasteiger partial charge in [-0.2, -0.15) is 4.31 Å². The second-order valence-electron chi connectivity index (χ2n) is 6.46. The van der Waals surface area contributed by atoms with Crippen molar-refractivity contribution in [1.82, 2.24) is 9.29 Å². The van der Waals surface area contributed by atoms with Gasteiger partial charge < -0.3 is 9.32 Å². The average molecular weight is 391 g/mol. The third-order valence-corrected chi connectivity index (χ3v) is 6.51. The Balaban J connectivity index is 1.44. The number of sulfonamides is 1. The number of nitrogens with one attached hydrogen (secondary N) is 1. The number of hydrogen-bond donors (Lipinski definition) is 1. The zero-order chi connectivity index (χ0) is 19.0. The third-order valence-electron chi connectivity index (χ3n) is 4.66. The lowest BCUT2D eigenvalue weighted by atomic mass is 10.2. The second-order valence-corrected chi connectivity index (χ2v) is 8.43. The summed E-state index contributed by atoms with van der Waals surface area (Å²) in [7, 11) is -3.46. The smallest absolute Gasteiger partial charge is 0.408 e. The summed E-state index contributed by atoms with van der Waals surface area (Å²) in [5, 5.41) is 0. The highest BCUT2D eigenvalue weighted by Crippen LogP contribution is 2.22. The van der Waals surface area contributed by atoms with E-state index in [0.29, 0.717) is 42.8 Å². The minimum absolute atomic E-state index is 0.143. The van der Waals surface area contributed by atoms with Crippen molar-refractivity contribution in [2.75, 3.05) is 31.1 Å². The van der Waals surface area contributed by atoms with Crippen LogP contribution in [0.2, 0.25) is 0 Å². The van der Waals surface area contributed by atoms with Gasteiger partial charge in [0, 0.05) is 31.9 Å². The van der Waals surface area contributed by atoms with E-state index in [2.05, 4.69) is 9.88 Å². The number of hydrogen-bond acceptors (Lipinski definition) is 5. The number of aromatic amines is 1. The number of rotatable bonds is 4. The van der Waals surface area contributed by atoms with Crippen molar-refractivity contribution in [2.24, 2.45) is 0 Å². The van der Waals surface area contributed by atoms with Crippen LogP contribution >= 0.6 is 0 Å². The predicted octanol–water partition coefficient (Wildman–Crippen LogP) is 1.91. The summed E-state index contributed by atoms with van der Waals surface area (Å²) in [5.41, 5.74) is 2.57. The molecule has 0 atom stereocenters. The number of anilines is 1. The molecule has 1 aliphatic heterocycles. The highest BCUT2D eigenvalue weighted by Gasteiger charge is 2.27. The molecule has 1 saturated heterocycles. The van der Waals surface area contributed by atoms with Crippen LogP contribution in [0.25, 0.3) is 11.1 Å². The van der Waals surface area contributed by atoms with E-state index in [9.17, 15) is 17.6 Å². The Kier molecular flexibility index (Phi) is 4.48. The molecule has 1 aromatic heterocycles. The lowest BCUT2D eigenvalue weighted by molar-refractivity contribution is 0.384. The number of H-pyrrole nitrogens is 1. The number of nitrogens with zero attached hydrogens (tertiary/aromatic N) is 2. The molecule has 27 heavy (non-hydrogen) atoms. The van der Waals surface area contributed by atoms with Crippen molar-refractivity contribution in [1.29, 1.82) is 0 Å². The maximum Gasteiger partial charge on any atom is 0.417 e. The van der Waals surface area contributed by atoms with Crippen LogP contribution in [0.3, 0.4) is 0 Å². The van der Waals surface area contributed by atoms with Gasteiger partial charge in [0.2, 0.25) is 10.0 Å². The molecular weight excluding hydrogens is 373 g/mol. The van der Waals surface area contributed by atoms with Crippen LogP contribution in [0.4, 0.5) is 10.1 Å². The molecule has 142 valence electrons. The molecule has 2 aromatic carbocycles. The number of oxazole rings is 1. The van der Waals surface area contributed by atoms with Gasteiger partial charge >= 0.3 is 5.76 Å². The summed E-state index contributed by atoms with van der Waals surface area (Å²) in [6.07, 6.45) is 0. The Morgan fingerprint density at radius 3 is 2.44 bits per heavy atom. The summed E-state index contributed by atoms with van der Waals surface area (Å²) in [4.78, 5) is 16.0. The van der Waals surface area contributed by atoms with Crippen molar-refractivity contribution in [3.8, 4) is 0 Å². The maximum absolute atomic E-state index is 13.0. The molecule has 2 heterocycles. The van der Waals surface area contributed by atoms with Crippen LogP contribution in [0, 0.1) is 5.82 Å². The van der Waals surface area contributed by atoms with E-state index in [4.69, 9.17) is 4.42 Å². The van der Waals surface area contributed by atoms with Crippen LogP contribution in [-0.4, -0.2) is 43.9 Å². The van der Waals surface area contributed by atoms with Crippen molar-refractivity contribution in [3.05, 3.63) is 64.4 Å². The SMILES string of the molecule is O=c1[nH]c2cc(N3CCN(S(=O)(=O)Cc4ccc(F)cc4)CC3)ccc2o1. The van der Waals surface area contributed by atoms with Gasteiger partial charge in [-0.25, -0.2) is 17.6 Å². The summed E-state index contributed by atoms with van der Waals surface area (Å²) >= 11 is 0. The minimum Gasteiger partial charge on any atom is -0.408 e. The molecule has 0 amide bonds. The van der Waals surface area contributed by atoms with Gasteiger partial charge in [0.25, 0.3) is 0 Å². The quantitative estimate of drug-likeness (QED) is 0.734. The van der Waals surface area contributed by atoms with E-state index in [0.717, 1.165) is 5.69 Å². The lowest BCUT2D eigenvalue weighted by Crippen LogP contribution is -2.49. The Morgan fingerprint density at radius 1 is 1.04 bits per heavy atom. The maximum atomic E-state index is 13.0. The fourth-order valence-corrected chi connectivity index (χ4v) is 4.76. The number of benzene rings is 2. The van der Waals surface area contributed by atoms with Crippen LogP contribution in [-0.2, 0) is 15.8 Å². The van der Waals surface area contributed by atoms with Crippen molar-refractivity contribution < 1.29 is 17.2 Å². The van der Waals surface area contributed by atoms with Crippen molar-refractivity contribution >= 4 is 26.8 Å². The standard InChI is InChI=1S/C18H18FN3O4S/c19-14-3-1-13(2-4-14)12-27(24,25)22-9-7-21(8-10-22)15-5-6-17-16(11-15)20-18(23)26-17/h1-6,11H,7-10,12H2,(H,20,23). The van der Waals surface area contributed by atoms with Crippen LogP contribution < -0.4 is 10.7 Å². The van der Waals surface area contributed by atoms with Gasteiger partial charge in [0.1, 0.15) is 5.82 Å². The molecule has 0 unspecified atom stereocenters. The zero-order valence-corrected chi connectivity index (χ0v) is 15.2. The highest BCUT2D eigenvalue weighted by molar-refractivity contribution is 7.88. The summed E-state index contributed by atoms with van der Waals surface area (Å²) in [6, 6.07) is 10.9. The number of fused-ring (bicyclic) bond motifs is 1. The third kappa shape index (κ3) is 3.74. The van der Waals surface area contributed by atoms with E-state index >= 15 is 0 Å². The van der Waals surface area contributed by atoms with E-state index in [1.807, 2.05) is 12.1 Å². The molecule has 7 nitrogen and oxygen atoms in total. The second kappa shape index (κ2) is 6.82. The van der Waals surface area contributed by atoms with E-state index < -0.39 is 15.8 Å². The van der Waals surface area contributed by atoms with E-state index in [1.54, 1.807) is 6.07 Å². The lowest BCUT2D eigenvalue weighted by Gasteiger charge is -2.35. The Hall–Kier alpha value is -2.65. The Morgan fingerprint density at radius 2 is 1.74 bits per heavy atom. The minimum atomic E-state index is -3.46. The molecule has 3 aromatic rings. The van der Waals surface area contributed by atoms with Gasteiger partial charge in [-0.05, 0) is 35.9 Å². The van der Waals surface area contributed by atoms with Crippen molar-refractivity contribution in [2.45, 2.75) is 5.75 Å². The predicted molar refractivity (Wildman–Crippen MR) is 99.6 cm³/mol. The molecule has 0 bridgehead atoms. The van der Waals surface area contributed by atoms with Gasteiger partial charge in [-0.15, -0.1) is 0 Å². The largest absolute Gasteiger partial charge is 0.417 e. The normalized spacial score (nSPS) is 16.1. The Labute approximate surface area is 155 Å². The first-order chi connectivity index (χ1) is 12.9. The molecule has 1 fully saturated rings. The molecule has 1 aliphatic rings. The first-order valence-corrected chi connectivity index (χ1v) is 10.1. The highest BCUT2D eigenvalue weighted by atomic mass is 32.2. The van der Waals surface area contributed by atoms with Gasteiger partial charge in [-0.3, -0.25) is 4.98 Å². The molecule has 1 N–H and O–H groups in total. The number of piperazine rings is 1.